The smallest absolute Gasteiger partial charge is 0.123 e. The second kappa shape index (κ2) is 5.39. The number of halogens is 1. The van der Waals surface area contributed by atoms with E-state index in [-0.39, 0.29) is 5.82 Å². The predicted molar refractivity (Wildman–Crippen MR) is 60.5 cm³/mol. The Bertz CT molecular complexity index is 324. The van der Waals surface area contributed by atoms with Gasteiger partial charge < -0.3 is 10.5 Å². The number of rotatable bonds is 5. The van der Waals surface area contributed by atoms with Gasteiger partial charge in [0.2, 0.25) is 0 Å². The van der Waals surface area contributed by atoms with Crippen molar-refractivity contribution in [2.45, 2.75) is 12.6 Å². The first-order valence-corrected chi connectivity index (χ1v) is 5.56. The lowest BCUT2D eigenvalue weighted by Crippen LogP contribution is -2.50. The van der Waals surface area contributed by atoms with Crippen molar-refractivity contribution >= 4 is 0 Å². The number of hydrogen-bond acceptors (Lipinski definition) is 3. The molecule has 1 aromatic carbocycles. The van der Waals surface area contributed by atoms with Gasteiger partial charge in [0, 0.05) is 19.6 Å². The molecule has 0 aliphatic carbocycles. The maximum atomic E-state index is 12.8. The molecular formula is C12H17FN2O. The Balaban J connectivity index is 1.96. The van der Waals surface area contributed by atoms with Gasteiger partial charge in [-0.25, -0.2) is 4.39 Å². The van der Waals surface area contributed by atoms with Gasteiger partial charge in [-0.15, -0.1) is 0 Å². The van der Waals surface area contributed by atoms with Gasteiger partial charge in [0.1, 0.15) is 5.82 Å². The van der Waals surface area contributed by atoms with E-state index in [1.54, 1.807) is 0 Å². The van der Waals surface area contributed by atoms with Crippen molar-refractivity contribution in [1.29, 1.82) is 0 Å². The standard InChI is InChI=1S/C12H17FN2O/c13-11-3-1-10(2-4-11)7-15(6-5-14)12-8-16-9-12/h1-4,12H,5-9,14H2. The van der Waals surface area contributed by atoms with Gasteiger partial charge in [-0.3, -0.25) is 4.90 Å². The first-order chi connectivity index (χ1) is 7.79. The fourth-order valence-corrected chi connectivity index (χ4v) is 1.81. The van der Waals surface area contributed by atoms with Crippen LogP contribution in [0.1, 0.15) is 5.56 Å². The van der Waals surface area contributed by atoms with E-state index in [0.717, 1.165) is 31.9 Å². The van der Waals surface area contributed by atoms with Crippen LogP contribution < -0.4 is 5.73 Å². The Kier molecular flexibility index (Phi) is 3.88. The molecule has 1 heterocycles. The Morgan fingerprint density at radius 2 is 2.00 bits per heavy atom. The number of hydrogen-bond donors (Lipinski definition) is 1. The summed E-state index contributed by atoms with van der Waals surface area (Å²) >= 11 is 0. The average molecular weight is 224 g/mol. The van der Waals surface area contributed by atoms with Crippen molar-refractivity contribution in [1.82, 2.24) is 4.90 Å². The van der Waals surface area contributed by atoms with E-state index in [1.165, 1.54) is 12.1 Å². The Morgan fingerprint density at radius 3 is 2.50 bits per heavy atom. The fraction of sp³-hybridized carbons (Fsp3) is 0.500. The molecule has 0 atom stereocenters. The molecule has 88 valence electrons. The van der Waals surface area contributed by atoms with E-state index in [2.05, 4.69) is 4.90 Å². The van der Waals surface area contributed by atoms with Crippen LogP contribution in [-0.4, -0.2) is 37.2 Å². The van der Waals surface area contributed by atoms with E-state index < -0.39 is 0 Å². The van der Waals surface area contributed by atoms with E-state index in [4.69, 9.17) is 10.5 Å². The third-order valence-corrected chi connectivity index (χ3v) is 2.85. The summed E-state index contributed by atoms with van der Waals surface area (Å²) in [5, 5.41) is 0. The van der Waals surface area contributed by atoms with Crippen LogP contribution in [0, 0.1) is 5.82 Å². The van der Waals surface area contributed by atoms with Gasteiger partial charge in [-0.05, 0) is 17.7 Å². The lowest BCUT2D eigenvalue weighted by atomic mass is 10.1. The quantitative estimate of drug-likeness (QED) is 0.810. The van der Waals surface area contributed by atoms with Crippen LogP contribution in [0.25, 0.3) is 0 Å². The molecule has 1 aromatic rings. The molecule has 0 radical (unpaired) electrons. The first kappa shape index (κ1) is 11.5. The third-order valence-electron chi connectivity index (χ3n) is 2.85. The minimum absolute atomic E-state index is 0.193. The molecule has 0 amide bonds. The largest absolute Gasteiger partial charge is 0.378 e. The summed E-state index contributed by atoms with van der Waals surface area (Å²) < 4.78 is 17.9. The second-order valence-electron chi connectivity index (χ2n) is 4.08. The van der Waals surface area contributed by atoms with Crippen LogP contribution in [0.5, 0.6) is 0 Å². The summed E-state index contributed by atoms with van der Waals surface area (Å²) in [6.45, 7) is 3.86. The first-order valence-electron chi connectivity index (χ1n) is 5.56. The average Bonchev–Trinajstić information content (AvgIpc) is 2.19. The summed E-state index contributed by atoms with van der Waals surface area (Å²) in [5.74, 6) is -0.193. The lowest BCUT2D eigenvalue weighted by Gasteiger charge is -2.37. The molecule has 1 aliphatic rings. The van der Waals surface area contributed by atoms with Gasteiger partial charge in [0.25, 0.3) is 0 Å². The van der Waals surface area contributed by atoms with Crippen molar-refractivity contribution in [2.75, 3.05) is 26.3 Å². The minimum atomic E-state index is -0.193. The Hall–Kier alpha value is -0.970. The maximum absolute atomic E-state index is 12.8. The van der Waals surface area contributed by atoms with Gasteiger partial charge in [0.05, 0.1) is 19.3 Å². The van der Waals surface area contributed by atoms with Crippen LogP contribution in [0.15, 0.2) is 24.3 Å². The monoisotopic (exact) mass is 224 g/mol. The highest BCUT2D eigenvalue weighted by Crippen LogP contribution is 2.14. The van der Waals surface area contributed by atoms with E-state index in [1.807, 2.05) is 12.1 Å². The van der Waals surface area contributed by atoms with E-state index in [0.29, 0.717) is 12.6 Å². The third kappa shape index (κ3) is 2.78. The summed E-state index contributed by atoms with van der Waals surface area (Å²) in [7, 11) is 0. The number of ether oxygens (including phenoxy) is 1. The zero-order chi connectivity index (χ0) is 11.4. The van der Waals surface area contributed by atoms with Gasteiger partial charge in [0.15, 0.2) is 0 Å². The molecule has 1 aliphatic heterocycles. The zero-order valence-electron chi connectivity index (χ0n) is 9.23. The van der Waals surface area contributed by atoms with Crippen molar-refractivity contribution in [3.05, 3.63) is 35.6 Å². The molecule has 0 saturated carbocycles. The highest BCUT2D eigenvalue weighted by atomic mass is 19.1. The molecular weight excluding hydrogens is 207 g/mol. The van der Waals surface area contributed by atoms with Gasteiger partial charge in [-0.1, -0.05) is 12.1 Å². The van der Waals surface area contributed by atoms with Crippen molar-refractivity contribution in [3.8, 4) is 0 Å². The maximum Gasteiger partial charge on any atom is 0.123 e. The summed E-state index contributed by atoms with van der Waals surface area (Å²) in [6, 6.07) is 7.09. The molecule has 1 saturated heterocycles. The molecule has 3 nitrogen and oxygen atoms in total. The minimum Gasteiger partial charge on any atom is -0.378 e. The zero-order valence-corrected chi connectivity index (χ0v) is 9.23. The molecule has 1 fully saturated rings. The SMILES string of the molecule is NCCN(Cc1ccc(F)cc1)C1COC1. The van der Waals surface area contributed by atoms with Crippen LogP contribution in [0.2, 0.25) is 0 Å². The van der Waals surface area contributed by atoms with Gasteiger partial charge >= 0.3 is 0 Å². The van der Waals surface area contributed by atoms with Crippen molar-refractivity contribution in [3.63, 3.8) is 0 Å². The predicted octanol–water partition coefficient (Wildman–Crippen LogP) is 0.985. The topological polar surface area (TPSA) is 38.5 Å². The van der Waals surface area contributed by atoms with Crippen LogP contribution in [0.3, 0.4) is 0 Å². The normalized spacial score (nSPS) is 16.4. The van der Waals surface area contributed by atoms with E-state index in [9.17, 15) is 4.39 Å². The molecule has 0 aromatic heterocycles. The Labute approximate surface area is 95.0 Å². The molecule has 0 unspecified atom stereocenters. The summed E-state index contributed by atoms with van der Waals surface area (Å²) in [4.78, 5) is 2.29. The summed E-state index contributed by atoms with van der Waals surface area (Å²) in [5.41, 5.74) is 6.69. The van der Waals surface area contributed by atoms with Crippen LogP contribution in [-0.2, 0) is 11.3 Å². The molecule has 2 rings (SSSR count). The van der Waals surface area contributed by atoms with Crippen LogP contribution >= 0.6 is 0 Å². The van der Waals surface area contributed by atoms with Gasteiger partial charge in [-0.2, -0.15) is 0 Å². The van der Waals surface area contributed by atoms with E-state index >= 15 is 0 Å². The van der Waals surface area contributed by atoms with Crippen molar-refractivity contribution in [2.24, 2.45) is 5.73 Å². The second-order valence-corrected chi connectivity index (χ2v) is 4.08. The lowest BCUT2D eigenvalue weighted by molar-refractivity contribution is -0.0669. The van der Waals surface area contributed by atoms with Crippen LogP contribution in [0.4, 0.5) is 4.39 Å². The number of nitrogens with zero attached hydrogens (tertiary/aromatic N) is 1. The molecule has 0 spiro atoms. The highest BCUT2D eigenvalue weighted by molar-refractivity contribution is 5.16. The molecule has 0 bridgehead atoms. The number of benzene rings is 1. The molecule has 4 heteroatoms. The van der Waals surface area contributed by atoms with Crippen molar-refractivity contribution < 1.29 is 9.13 Å². The fourth-order valence-electron chi connectivity index (χ4n) is 1.81. The summed E-state index contributed by atoms with van der Waals surface area (Å²) in [6.07, 6.45) is 0. The molecule has 2 N–H and O–H groups in total. The Morgan fingerprint density at radius 1 is 1.31 bits per heavy atom. The molecule has 16 heavy (non-hydrogen) atoms. The highest BCUT2D eigenvalue weighted by Gasteiger charge is 2.25. The number of nitrogens with two attached hydrogens (primary N) is 1.